The number of aryl methyl sites for hydroxylation is 1. The third kappa shape index (κ3) is 2.64. The molecule has 0 aliphatic carbocycles. The molecule has 1 aromatic carbocycles. The Hall–Kier alpha value is -0.340. The van der Waals surface area contributed by atoms with E-state index in [2.05, 4.69) is 15.9 Å². The second-order valence-corrected chi connectivity index (χ2v) is 3.21. The van der Waals surface area contributed by atoms with E-state index in [4.69, 9.17) is 5.11 Å². The molecule has 0 aromatic heterocycles. The van der Waals surface area contributed by atoms with E-state index in [-0.39, 0.29) is 6.61 Å². The molecule has 0 saturated carbocycles. The number of rotatable bonds is 3. The Morgan fingerprint density at radius 3 is 2.09 bits per heavy atom. The summed E-state index contributed by atoms with van der Waals surface area (Å²) in [5.41, 5.74) is 2.28. The van der Waals surface area contributed by atoms with Crippen molar-refractivity contribution < 1.29 is 5.11 Å². The Morgan fingerprint density at radius 2 is 1.64 bits per heavy atom. The van der Waals surface area contributed by atoms with E-state index in [0.29, 0.717) is 0 Å². The van der Waals surface area contributed by atoms with Crippen LogP contribution in [-0.2, 0) is 13.0 Å². The number of benzene rings is 1. The number of halogens is 1. The first kappa shape index (κ1) is 8.75. The van der Waals surface area contributed by atoms with Crippen LogP contribution in [0.5, 0.6) is 0 Å². The predicted octanol–water partition coefficient (Wildman–Crippen LogP) is 2.12. The van der Waals surface area contributed by atoms with Gasteiger partial charge in [0.2, 0.25) is 0 Å². The molecular formula is C9H11BrO. The molecule has 1 aromatic rings. The smallest absolute Gasteiger partial charge is 0.0681 e. The SMILES string of the molecule is OCc1ccc(CCBr)cc1. The second-order valence-electron chi connectivity index (χ2n) is 2.41. The maximum Gasteiger partial charge on any atom is 0.0681 e. The zero-order chi connectivity index (χ0) is 8.10. The summed E-state index contributed by atoms with van der Waals surface area (Å²) >= 11 is 3.37. The number of hydrogen-bond donors (Lipinski definition) is 1. The van der Waals surface area contributed by atoms with Gasteiger partial charge in [-0.2, -0.15) is 0 Å². The highest BCUT2D eigenvalue weighted by Crippen LogP contribution is 2.05. The van der Waals surface area contributed by atoms with Gasteiger partial charge in [0, 0.05) is 5.33 Å². The fourth-order valence-electron chi connectivity index (χ4n) is 0.920. The topological polar surface area (TPSA) is 20.2 Å². The summed E-state index contributed by atoms with van der Waals surface area (Å²) in [6.45, 7) is 0.134. The van der Waals surface area contributed by atoms with Crippen LogP contribution in [0.1, 0.15) is 11.1 Å². The van der Waals surface area contributed by atoms with E-state index in [1.54, 1.807) is 0 Å². The minimum Gasteiger partial charge on any atom is -0.392 e. The fourth-order valence-corrected chi connectivity index (χ4v) is 1.38. The molecule has 0 amide bonds. The van der Waals surface area contributed by atoms with Gasteiger partial charge in [0.25, 0.3) is 0 Å². The maximum absolute atomic E-state index is 8.75. The molecule has 0 spiro atoms. The Morgan fingerprint density at radius 1 is 1.09 bits per heavy atom. The Bertz CT molecular complexity index is 205. The quantitative estimate of drug-likeness (QED) is 0.765. The van der Waals surface area contributed by atoms with Crippen LogP contribution < -0.4 is 0 Å². The van der Waals surface area contributed by atoms with Crippen LogP contribution in [0.3, 0.4) is 0 Å². The minimum absolute atomic E-state index is 0.134. The average molecular weight is 215 g/mol. The van der Waals surface area contributed by atoms with Gasteiger partial charge in [-0.1, -0.05) is 40.2 Å². The highest BCUT2D eigenvalue weighted by molar-refractivity contribution is 9.09. The van der Waals surface area contributed by atoms with Crippen molar-refractivity contribution >= 4 is 15.9 Å². The van der Waals surface area contributed by atoms with E-state index >= 15 is 0 Å². The molecule has 0 aliphatic rings. The van der Waals surface area contributed by atoms with Gasteiger partial charge >= 0.3 is 0 Å². The number of aliphatic hydroxyl groups excluding tert-OH is 1. The van der Waals surface area contributed by atoms with Crippen molar-refractivity contribution in [1.82, 2.24) is 0 Å². The molecular weight excluding hydrogens is 204 g/mol. The Labute approximate surface area is 75.2 Å². The van der Waals surface area contributed by atoms with E-state index in [1.165, 1.54) is 5.56 Å². The number of aliphatic hydroxyl groups is 1. The second kappa shape index (κ2) is 4.52. The van der Waals surface area contributed by atoms with Gasteiger partial charge in [0.15, 0.2) is 0 Å². The largest absolute Gasteiger partial charge is 0.392 e. The first-order valence-corrected chi connectivity index (χ1v) is 4.73. The van der Waals surface area contributed by atoms with Crippen LogP contribution in [-0.4, -0.2) is 10.4 Å². The number of alkyl halides is 1. The van der Waals surface area contributed by atoms with Crippen molar-refractivity contribution in [2.75, 3.05) is 5.33 Å². The summed E-state index contributed by atoms with van der Waals surface area (Å²) < 4.78 is 0. The van der Waals surface area contributed by atoms with Gasteiger partial charge in [-0.3, -0.25) is 0 Å². The van der Waals surface area contributed by atoms with Crippen molar-refractivity contribution in [2.45, 2.75) is 13.0 Å². The van der Waals surface area contributed by atoms with Crippen LogP contribution in [0.4, 0.5) is 0 Å². The monoisotopic (exact) mass is 214 g/mol. The van der Waals surface area contributed by atoms with Crippen LogP contribution in [0, 0.1) is 0 Å². The van der Waals surface area contributed by atoms with Crippen molar-refractivity contribution in [3.8, 4) is 0 Å². The summed E-state index contributed by atoms with van der Waals surface area (Å²) in [5, 5.41) is 9.74. The molecule has 0 heterocycles. The lowest BCUT2D eigenvalue weighted by Gasteiger charge is -1.98. The molecule has 0 radical (unpaired) electrons. The molecule has 0 fully saturated rings. The van der Waals surface area contributed by atoms with E-state index in [9.17, 15) is 0 Å². The molecule has 60 valence electrons. The predicted molar refractivity (Wildman–Crippen MR) is 49.9 cm³/mol. The molecule has 1 rings (SSSR count). The molecule has 0 aliphatic heterocycles. The third-order valence-electron chi connectivity index (χ3n) is 1.59. The summed E-state index contributed by atoms with van der Waals surface area (Å²) in [6.07, 6.45) is 1.05. The van der Waals surface area contributed by atoms with E-state index in [1.807, 2.05) is 24.3 Å². The fraction of sp³-hybridized carbons (Fsp3) is 0.333. The zero-order valence-corrected chi connectivity index (χ0v) is 7.84. The van der Waals surface area contributed by atoms with Crippen molar-refractivity contribution in [1.29, 1.82) is 0 Å². The minimum atomic E-state index is 0.134. The summed E-state index contributed by atoms with van der Waals surface area (Å²) in [6, 6.07) is 8.01. The first-order valence-electron chi connectivity index (χ1n) is 3.61. The van der Waals surface area contributed by atoms with Gasteiger partial charge in [-0.25, -0.2) is 0 Å². The van der Waals surface area contributed by atoms with Crippen molar-refractivity contribution in [2.24, 2.45) is 0 Å². The van der Waals surface area contributed by atoms with Crippen LogP contribution in [0.15, 0.2) is 24.3 Å². The van der Waals surface area contributed by atoms with E-state index < -0.39 is 0 Å². The summed E-state index contributed by atoms with van der Waals surface area (Å²) in [4.78, 5) is 0. The number of hydrogen-bond acceptors (Lipinski definition) is 1. The van der Waals surface area contributed by atoms with Crippen LogP contribution >= 0.6 is 15.9 Å². The third-order valence-corrected chi connectivity index (χ3v) is 1.99. The van der Waals surface area contributed by atoms with Gasteiger partial charge in [-0.15, -0.1) is 0 Å². The zero-order valence-electron chi connectivity index (χ0n) is 6.26. The molecule has 0 saturated heterocycles. The lowest BCUT2D eigenvalue weighted by atomic mass is 10.1. The molecule has 0 atom stereocenters. The Balaban J connectivity index is 2.66. The van der Waals surface area contributed by atoms with Gasteiger partial charge in [0.1, 0.15) is 0 Å². The molecule has 0 bridgehead atoms. The molecule has 0 unspecified atom stereocenters. The van der Waals surface area contributed by atoms with Crippen molar-refractivity contribution in [3.05, 3.63) is 35.4 Å². The Kier molecular flexibility index (Phi) is 3.60. The summed E-state index contributed by atoms with van der Waals surface area (Å²) in [5.74, 6) is 0. The van der Waals surface area contributed by atoms with Gasteiger partial charge in [0.05, 0.1) is 6.61 Å². The molecule has 11 heavy (non-hydrogen) atoms. The maximum atomic E-state index is 8.75. The molecule has 1 N–H and O–H groups in total. The van der Waals surface area contributed by atoms with Gasteiger partial charge < -0.3 is 5.11 Å². The molecule has 1 nitrogen and oxygen atoms in total. The standard InChI is InChI=1S/C9H11BrO/c10-6-5-8-1-3-9(7-11)4-2-8/h1-4,11H,5-7H2. The summed E-state index contributed by atoms with van der Waals surface area (Å²) in [7, 11) is 0. The first-order chi connectivity index (χ1) is 5.36. The lowest BCUT2D eigenvalue weighted by molar-refractivity contribution is 0.282. The molecule has 2 heteroatoms. The average Bonchev–Trinajstić information content (AvgIpc) is 2.07. The van der Waals surface area contributed by atoms with Crippen LogP contribution in [0.25, 0.3) is 0 Å². The van der Waals surface area contributed by atoms with Gasteiger partial charge in [-0.05, 0) is 17.5 Å². The highest BCUT2D eigenvalue weighted by Gasteiger charge is 1.91. The van der Waals surface area contributed by atoms with E-state index in [0.717, 1.165) is 17.3 Å². The normalized spacial score (nSPS) is 10.0. The van der Waals surface area contributed by atoms with Crippen LogP contribution in [0.2, 0.25) is 0 Å². The highest BCUT2D eigenvalue weighted by atomic mass is 79.9. The lowest BCUT2D eigenvalue weighted by Crippen LogP contribution is -1.87. The van der Waals surface area contributed by atoms with Crippen molar-refractivity contribution in [3.63, 3.8) is 0 Å².